The lowest BCUT2D eigenvalue weighted by molar-refractivity contribution is -0.346. The first kappa shape index (κ1) is 39.2. The highest BCUT2D eigenvalue weighted by atomic mass is 16.6. The van der Waals surface area contributed by atoms with Crippen LogP contribution in [-0.2, 0) is 42.9 Å². The standard InChI is InChI=1S/C40H46O14/c1-20-25(52-36(48)30(45)29(44)23-13-9-7-10-14-23)18-40(49)34(53-35(47)24-15-11-8-12-16-24)32-38(6,26(43)17-27-39(32,19-50-27)54-22(3)42)33(46)31(51-21(2)41)28(20)37(40,4)5/h7-16,25-27,29-32,34,43-45,49H,17-19H2,1-6H3. The van der Waals surface area contributed by atoms with Gasteiger partial charge in [-0.3, -0.25) is 14.4 Å². The Kier molecular flexibility index (Phi) is 10.2. The maximum atomic E-state index is 15.3. The molecule has 2 bridgehead atoms. The average molecular weight is 751 g/mol. The number of carbonyl (C=O) groups is 5. The van der Waals surface area contributed by atoms with E-state index >= 15 is 4.79 Å². The topological polar surface area (TPSA) is 212 Å². The van der Waals surface area contributed by atoms with Crippen molar-refractivity contribution in [2.75, 3.05) is 6.61 Å². The summed E-state index contributed by atoms with van der Waals surface area (Å²) in [6, 6.07) is 15.8. The van der Waals surface area contributed by atoms with Crippen LogP contribution in [0.5, 0.6) is 0 Å². The third kappa shape index (κ3) is 6.04. The highest BCUT2D eigenvalue weighted by Gasteiger charge is 2.78. The second-order valence-electron chi connectivity index (χ2n) is 15.5. The first-order chi connectivity index (χ1) is 25.3. The Balaban J connectivity index is 1.58. The lowest BCUT2D eigenvalue weighted by Crippen LogP contribution is -2.82. The smallest absolute Gasteiger partial charge is 0.338 e. The third-order valence-electron chi connectivity index (χ3n) is 12.1. The molecule has 4 N–H and O–H groups in total. The van der Waals surface area contributed by atoms with Crippen LogP contribution in [0, 0.1) is 16.7 Å². The van der Waals surface area contributed by atoms with Gasteiger partial charge in [0.05, 0.1) is 29.6 Å². The molecule has 0 amide bonds. The van der Waals surface area contributed by atoms with Crippen LogP contribution < -0.4 is 0 Å². The van der Waals surface area contributed by atoms with E-state index in [1.165, 1.54) is 38.1 Å². The Morgan fingerprint density at radius 3 is 2.06 bits per heavy atom. The van der Waals surface area contributed by atoms with E-state index in [0.29, 0.717) is 0 Å². The molecule has 6 rings (SSSR count). The maximum Gasteiger partial charge on any atom is 0.338 e. The van der Waals surface area contributed by atoms with Crippen molar-refractivity contribution in [2.45, 2.75) is 108 Å². The van der Waals surface area contributed by atoms with Crippen LogP contribution in [0.3, 0.4) is 0 Å². The van der Waals surface area contributed by atoms with Gasteiger partial charge in [-0.1, -0.05) is 62.4 Å². The van der Waals surface area contributed by atoms with Crippen LogP contribution in [0.15, 0.2) is 71.8 Å². The molecule has 2 aromatic rings. The molecule has 3 fully saturated rings. The molecule has 2 saturated carbocycles. The second kappa shape index (κ2) is 14.0. The summed E-state index contributed by atoms with van der Waals surface area (Å²) in [7, 11) is 0. The fraction of sp³-hybridized carbons (Fsp3) is 0.525. The summed E-state index contributed by atoms with van der Waals surface area (Å²) in [6.07, 6.45) is -12.1. The number of esters is 4. The van der Waals surface area contributed by atoms with E-state index in [9.17, 15) is 39.6 Å². The molecule has 0 aromatic heterocycles. The minimum absolute atomic E-state index is 0.00787. The number of ether oxygens (including phenoxy) is 5. The highest BCUT2D eigenvalue weighted by Crippen LogP contribution is 2.64. The van der Waals surface area contributed by atoms with Crippen molar-refractivity contribution in [2.24, 2.45) is 16.7 Å². The SMILES string of the molecule is CC(=O)OC1C(=O)C2(C)C(O)CC3OCC3(OC(C)=O)C2C(OC(=O)c2ccccc2)C2(O)CC(OC(=O)C(O)C(O)c3ccccc3)C(C)=C1C2(C)C. The summed E-state index contributed by atoms with van der Waals surface area (Å²) >= 11 is 0. The minimum Gasteiger partial charge on any atom is -0.456 e. The molecule has 1 aliphatic heterocycles. The quantitative estimate of drug-likeness (QED) is 0.173. The van der Waals surface area contributed by atoms with E-state index in [1.54, 1.807) is 50.2 Å². The Morgan fingerprint density at radius 2 is 1.50 bits per heavy atom. The van der Waals surface area contributed by atoms with Crippen molar-refractivity contribution in [3.05, 3.63) is 82.9 Å². The summed E-state index contributed by atoms with van der Waals surface area (Å²) < 4.78 is 29.8. The molecule has 0 radical (unpaired) electrons. The molecule has 54 heavy (non-hydrogen) atoms. The number of fused-ring (bicyclic) bond motifs is 5. The van der Waals surface area contributed by atoms with E-state index in [-0.39, 0.29) is 35.3 Å². The number of hydrogen-bond donors (Lipinski definition) is 4. The van der Waals surface area contributed by atoms with Crippen molar-refractivity contribution in [3.8, 4) is 0 Å². The molecule has 1 heterocycles. The van der Waals surface area contributed by atoms with E-state index in [1.807, 2.05) is 0 Å². The molecule has 2 aromatic carbocycles. The molecule has 11 unspecified atom stereocenters. The molecule has 0 spiro atoms. The number of benzene rings is 2. The summed E-state index contributed by atoms with van der Waals surface area (Å²) in [5.74, 6) is -6.22. The number of hydrogen-bond acceptors (Lipinski definition) is 14. The maximum absolute atomic E-state index is 15.3. The number of carbonyl (C=O) groups excluding carboxylic acids is 5. The summed E-state index contributed by atoms with van der Waals surface area (Å²) in [5.41, 5.74) is -7.26. The first-order valence-electron chi connectivity index (χ1n) is 17.8. The van der Waals surface area contributed by atoms with Crippen LogP contribution in [0.4, 0.5) is 0 Å². The minimum atomic E-state index is -2.35. The van der Waals surface area contributed by atoms with Crippen molar-refractivity contribution >= 4 is 29.7 Å². The number of aliphatic hydroxyl groups is 4. The zero-order valence-electron chi connectivity index (χ0n) is 30.9. The van der Waals surface area contributed by atoms with Gasteiger partial charge in [-0.15, -0.1) is 0 Å². The lowest BCUT2D eigenvalue weighted by Gasteiger charge is -2.67. The fourth-order valence-corrected chi connectivity index (χ4v) is 9.19. The van der Waals surface area contributed by atoms with Gasteiger partial charge < -0.3 is 44.1 Å². The van der Waals surface area contributed by atoms with Crippen LogP contribution in [0.2, 0.25) is 0 Å². The van der Waals surface area contributed by atoms with E-state index in [4.69, 9.17) is 23.7 Å². The number of ketones is 1. The summed E-state index contributed by atoms with van der Waals surface area (Å²) in [6.45, 7) is 7.96. The van der Waals surface area contributed by atoms with Gasteiger partial charge in [0, 0.05) is 32.1 Å². The van der Waals surface area contributed by atoms with Gasteiger partial charge in [0.15, 0.2) is 23.6 Å². The van der Waals surface area contributed by atoms with Gasteiger partial charge in [-0.05, 0) is 42.7 Å². The largest absolute Gasteiger partial charge is 0.456 e. The van der Waals surface area contributed by atoms with Crippen molar-refractivity contribution < 1.29 is 68.1 Å². The van der Waals surface area contributed by atoms with Gasteiger partial charge in [0.25, 0.3) is 0 Å². The van der Waals surface area contributed by atoms with Crippen LogP contribution in [0.25, 0.3) is 0 Å². The van der Waals surface area contributed by atoms with Crippen LogP contribution >= 0.6 is 0 Å². The first-order valence-corrected chi connectivity index (χ1v) is 17.8. The molecule has 3 aliphatic carbocycles. The van der Waals surface area contributed by atoms with E-state index < -0.39 is 107 Å². The monoisotopic (exact) mass is 750 g/mol. The van der Waals surface area contributed by atoms with Gasteiger partial charge >= 0.3 is 23.9 Å². The third-order valence-corrected chi connectivity index (χ3v) is 12.1. The number of aliphatic hydroxyl groups excluding tert-OH is 3. The Labute approximate surface area is 312 Å². The molecular formula is C40H46O14. The van der Waals surface area contributed by atoms with E-state index in [0.717, 1.165) is 13.8 Å². The van der Waals surface area contributed by atoms with Crippen molar-refractivity contribution in [1.82, 2.24) is 0 Å². The lowest BCUT2D eigenvalue weighted by atomic mass is 9.44. The van der Waals surface area contributed by atoms with Gasteiger partial charge in [0.1, 0.15) is 30.0 Å². The molecule has 14 heteroatoms. The van der Waals surface area contributed by atoms with Gasteiger partial charge in [-0.25, -0.2) is 9.59 Å². The van der Waals surface area contributed by atoms with E-state index in [2.05, 4.69) is 0 Å². The average Bonchev–Trinajstić information content (AvgIpc) is 3.12. The van der Waals surface area contributed by atoms with Gasteiger partial charge in [-0.2, -0.15) is 0 Å². The molecule has 290 valence electrons. The molecular weight excluding hydrogens is 704 g/mol. The second-order valence-corrected chi connectivity index (χ2v) is 15.5. The number of rotatable bonds is 8. The molecule has 1 saturated heterocycles. The molecule has 11 atom stereocenters. The Bertz CT molecular complexity index is 1860. The molecule has 14 nitrogen and oxygen atoms in total. The number of Topliss-reactive ketones (excluding diaryl/α,β-unsaturated/α-hetero) is 1. The van der Waals surface area contributed by atoms with Crippen molar-refractivity contribution in [1.29, 1.82) is 0 Å². The normalized spacial score (nSPS) is 35.0. The fourth-order valence-electron chi connectivity index (χ4n) is 9.19. The Hall–Kier alpha value is -4.47. The highest BCUT2D eigenvalue weighted by molar-refractivity contribution is 5.95. The summed E-state index contributed by atoms with van der Waals surface area (Å²) in [5, 5.41) is 47.2. The zero-order valence-corrected chi connectivity index (χ0v) is 30.9. The predicted molar refractivity (Wildman–Crippen MR) is 186 cm³/mol. The Morgan fingerprint density at radius 1 is 0.889 bits per heavy atom. The molecule has 4 aliphatic rings. The summed E-state index contributed by atoms with van der Waals surface area (Å²) in [4.78, 5) is 68.6. The van der Waals surface area contributed by atoms with Crippen LogP contribution in [0.1, 0.15) is 76.4 Å². The van der Waals surface area contributed by atoms with Crippen LogP contribution in [-0.4, -0.2) is 105 Å². The zero-order chi connectivity index (χ0) is 39.5. The van der Waals surface area contributed by atoms with Crippen molar-refractivity contribution in [3.63, 3.8) is 0 Å². The predicted octanol–water partition coefficient (Wildman–Crippen LogP) is 2.30. The van der Waals surface area contributed by atoms with Gasteiger partial charge in [0.2, 0.25) is 0 Å².